The van der Waals surface area contributed by atoms with Crippen LogP contribution in [0.2, 0.25) is 0 Å². The Labute approximate surface area is 165 Å². The molecular weight excluding hydrogens is 372 g/mol. The molecule has 0 aliphatic carbocycles. The smallest absolute Gasteiger partial charge is 0.274 e. The number of pyridine rings is 1. The van der Waals surface area contributed by atoms with E-state index in [0.29, 0.717) is 43.4 Å². The molecule has 0 spiro atoms. The number of nitrogens with zero attached hydrogens (tertiary/aromatic N) is 7. The number of nitrogen functional groups attached to an aromatic ring is 1. The van der Waals surface area contributed by atoms with Crippen LogP contribution in [0.4, 0.5) is 11.6 Å². The molecule has 2 N–H and O–H groups in total. The van der Waals surface area contributed by atoms with E-state index in [9.17, 15) is 4.79 Å². The molecule has 5 heterocycles. The number of piperazine rings is 1. The molecule has 1 fully saturated rings. The van der Waals surface area contributed by atoms with Crippen molar-refractivity contribution >= 4 is 23.2 Å². The number of nitrogens with two attached hydrogens (primary N) is 1. The quantitative estimate of drug-likeness (QED) is 0.556. The van der Waals surface area contributed by atoms with Crippen LogP contribution in [0.15, 0.2) is 53.4 Å². The summed E-state index contributed by atoms with van der Waals surface area (Å²) in [6, 6.07) is 9.32. The molecule has 1 aliphatic heterocycles. The van der Waals surface area contributed by atoms with Crippen LogP contribution in [0, 0.1) is 0 Å². The molecule has 0 aromatic carbocycles. The van der Waals surface area contributed by atoms with E-state index in [-0.39, 0.29) is 17.4 Å². The number of furan rings is 1. The first kappa shape index (κ1) is 17.2. The number of anilines is 2. The lowest BCUT2D eigenvalue weighted by atomic mass is 10.2. The minimum atomic E-state index is -0.186. The molecule has 146 valence electrons. The predicted molar refractivity (Wildman–Crippen MR) is 105 cm³/mol. The Morgan fingerprint density at radius 3 is 2.66 bits per heavy atom. The van der Waals surface area contributed by atoms with Crippen molar-refractivity contribution < 1.29 is 9.21 Å². The van der Waals surface area contributed by atoms with Crippen molar-refractivity contribution in [1.82, 2.24) is 29.5 Å². The average molecular weight is 390 g/mol. The average Bonchev–Trinajstić information content (AvgIpc) is 3.44. The summed E-state index contributed by atoms with van der Waals surface area (Å²) in [6.07, 6.45) is 4.87. The Morgan fingerprint density at radius 2 is 1.93 bits per heavy atom. The van der Waals surface area contributed by atoms with Crippen molar-refractivity contribution in [2.45, 2.75) is 0 Å². The van der Waals surface area contributed by atoms with Crippen LogP contribution in [-0.2, 0) is 0 Å². The Bertz CT molecular complexity index is 1150. The fourth-order valence-corrected chi connectivity index (χ4v) is 3.37. The highest BCUT2D eigenvalue weighted by Crippen LogP contribution is 2.20. The fourth-order valence-electron chi connectivity index (χ4n) is 3.37. The van der Waals surface area contributed by atoms with E-state index < -0.39 is 0 Å². The second-order valence-electron chi connectivity index (χ2n) is 6.66. The minimum Gasteiger partial charge on any atom is -0.461 e. The van der Waals surface area contributed by atoms with Gasteiger partial charge in [-0.05, 0) is 24.3 Å². The maximum Gasteiger partial charge on any atom is 0.274 e. The van der Waals surface area contributed by atoms with E-state index in [4.69, 9.17) is 10.2 Å². The number of hydrogen-bond acceptors (Lipinski definition) is 8. The molecular formula is C19H18N8O2. The van der Waals surface area contributed by atoms with Crippen molar-refractivity contribution in [2.75, 3.05) is 36.8 Å². The van der Waals surface area contributed by atoms with Gasteiger partial charge in [-0.25, -0.2) is 19.5 Å². The van der Waals surface area contributed by atoms with Gasteiger partial charge in [0.2, 0.25) is 5.82 Å². The molecule has 0 saturated carbocycles. The molecule has 4 aromatic rings. The zero-order valence-corrected chi connectivity index (χ0v) is 15.5. The Balaban J connectivity index is 1.36. The number of hydrogen-bond donors (Lipinski definition) is 1. The van der Waals surface area contributed by atoms with Gasteiger partial charge in [0.1, 0.15) is 11.5 Å². The minimum absolute atomic E-state index is 0.147. The number of fused-ring (bicyclic) bond motifs is 1. The van der Waals surface area contributed by atoms with Crippen molar-refractivity contribution in [1.29, 1.82) is 0 Å². The van der Waals surface area contributed by atoms with Crippen LogP contribution < -0.4 is 10.6 Å². The largest absolute Gasteiger partial charge is 0.461 e. The van der Waals surface area contributed by atoms with Gasteiger partial charge in [0.15, 0.2) is 17.2 Å². The normalized spacial score (nSPS) is 14.5. The van der Waals surface area contributed by atoms with E-state index in [1.54, 1.807) is 35.7 Å². The Morgan fingerprint density at radius 1 is 1.07 bits per heavy atom. The highest BCUT2D eigenvalue weighted by molar-refractivity contribution is 5.93. The summed E-state index contributed by atoms with van der Waals surface area (Å²) < 4.78 is 6.79. The first-order valence-electron chi connectivity index (χ1n) is 9.21. The van der Waals surface area contributed by atoms with Gasteiger partial charge in [-0.2, -0.15) is 0 Å². The monoisotopic (exact) mass is 390 g/mol. The number of carbonyl (C=O) groups is 1. The molecule has 29 heavy (non-hydrogen) atoms. The summed E-state index contributed by atoms with van der Waals surface area (Å²) in [6.45, 7) is 2.55. The summed E-state index contributed by atoms with van der Waals surface area (Å²) in [5.41, 5.74) is 6.65. The SMILES string of the molecule is Nc1nc(C(=O)N2CCN(c3ccccn3)CC2)cn2nc(-c3ccco3)nc12. The number of carbonyl (C=O) groups excluding carboxylic acids is 1. The Hall–Kier alpha value is -3.95. The van der Waals surface area contributed by atoms with Gasteiger partial charge in [-0.1, -0.05) is 6.07 Å². The highest BCUT2D eigenvalue weighted by Gasteiger charge is 2.25. The molecule has 5 rings (SSSR count). The summed E-state index contributed by atoms with van der Waals surface area (Å²) in [5, 5.41) is 4.36. The molecule has 0 bridgehead atoms. The molecule has 10 nitrogen and oxygen atoms in total. The third kappa shape index (κ3) is 3.14. The van der Waals surface area contributed by atoms with E-state index in [1.807, 2.05) is 18.2 Å². The highest BCUT2D eigenvalue weighted by atomic mass is 16.3. The summed E-state index contributed by atoms with van der Waals surface area (Å²) in [7, 11) is 0. The third-order valence-corrected chi connectivity index (χ3v) is 4.85. The maximum absolute atomic E-state index is 13.0. The summed E-state index contributed by atoms with van der Waals surface area (Å²) in [4.78, 5) is 29.8. The van der Waals surface area contributed by atoms with Crippen LogP contribution in [0.25, 0.3) is 17.2 Å². The van der Waals surface area contributed by atoms with Crippen LogP contribution in [0.1, 0.15) is 10.5 Å². The topological polar surface area (TPSA) is 119 Å². The molecule has 0 radical (unpaired) electrons. The second kappa shape index (κ2) is 6.89. The van der Waals surface area contributed by atoms with Crippen LogP contribution in [0.3, 0.4) is 0 Å². The molecule has 0 atom stereocenters. The zero-order valence-electron chi connectivity index (χ0n) is 15.5. The van der Waals surface area contributed by atoms with E-state index >= 15 is 0 Å². The van der Waals surface area contributed by atoms with Gasteiger partial charge < -0.3 is 20.0 Å². The standard InChI is InChI=1S/C19H18N8O2/c20-16-18-23-17(14-4-3-11-29-14)24-27(18)12-13(22-16)19(28)26-9-7-25(8-10-26)15-5-1-2-6-21-15/h1-6,11-12H,7-10H2,(H2,20,22). The van der Waals surface area contributed by atoms with Gasteiger partial charge in [0, 0.05) is 32.4 Å². The van der Waals surface area contributed by atoms with Crippen LogP contribution >= 0.6 is 0 Å². The third-order valence-electron chi connectivity index (χ3n) is 4.85. The van der Waals surface area contributed by atoms with Gasteiger partial charge in [0.05, 0.1) is 12.5 Å². The fraction of sp³-hybridized carbons (Fsp3) is 0.211. The molecule has 1 amide bonds. The van der Waals surface area contributed by atoms with Gasteiger partial charge in [0.25, 0.3) is 5.91 Å². The molecule has 0 unspecified atom stereocenters. The van der Waals surface area contributed by atoms with E-state index in [0.717, 1.165) is 5.82 Å². The van der Waals surface area contributed by atoms with Crippen molar-refractivity contribution in [3.63, 3.8) is 0 Å². The van der Waals surface area contributed by atoms with Crippen LogP contribution in [0.5, 0.6) is 0 Å². The number of amides is 1. The van der Waals surface area contributed by atoms with Crippen LogP contribution in [-0.4, -0.2) is 61.6 Å². The molecule has 1 saturated heterocycles. The van der Waals surface area contributed by atoms with E-state index in [2.05, 4.69) is 25.0 Å². The Kier molecular flexibility index (Phi) is 4.08. The number of aromatic nitrogens is 5. The predicted octanol–water partition coefficient (Wildman–Crippen LogP) is 1.32. The van der Waals surface area contributed by atoms with Crippen molar-refractivity contribution in [3.05, 3.63) is 54.7 Å². The summed E-state index contributed by atoms with van der Waals surface area (Å²) >= 11 is 0. The van der Waals surface area contributed by atoms with Gasteiger partial charge in [-0.3, -0.25) is 4.79 Å². The lowest BCUT2D eigenvalue weighted by molar-refractivity contribution is 0.0740. The lowest BCUT2D eigenvalue weighted by Gasteiger charge is -2.35. The van der Waals surface area contributed by atoms with Crippen molar-refractivity contribution in [3.8, 4) is 11.6 Å². The molecule has 1 aliphatic rings. The van der Waals surface area contributed by atoms with E-state index in [1.165, 1.54) is 4.52 Å². The first-order chi connectivity index (χ1) is 14.2. The summed E-state index contributed by atoms with van der Waals surface area (Å²) in [5.74, 6) is 1.78. The zero-order chi connectivity index (χ0) is 19.8. The molecule has 4 aromatic heterocycles. The molecule has 10 heteroatoms. The van der Waals surface area contributed by atoms with Gasteiger partial charge >= 0.3 is 0 Å². The lowest BCUT2D eigenvalue weighted by Crippen LogP contribution is -2.49. The van der Waals surface area contributed by atoms with Gasteiger partial charge in [-0.15, -0.1) is 5.10 Å². The first-order valence-corrected chi connectivity index (χ1v) is 9.21. The maximum atomic E-state index is 13.0. The van der Waals surface area contributed by atoms with Crippen molar-refractivity contribution in [2.24, 2.45) is 0 Å². The number of rotatable bonds is 3. The second-order valence-corrected chi connectivity index (χ2v) is 6.66.